The van der Waals surface area contributed by atoms with Gasteiger partial charge in [-0.15, -0.1) is 0 Å². The van der Waals surface area contributed by atoms with Gasteiger partial charge in [-0.2, -0.15) is 0 Å². The highest BCUT2D eigenvalue weighted by Crippen LogP contribution is 2.27. The molecule has 1 amide bonds. The van der Waals surface area contributed by atoms with Crippen molar-refractivity contribution in [3.63, 3.8) is 0 Å². The lowest BCUT2D eigenvalue weighted by atomic mass is 10.2. The number of halogens is 2. The van der Waals surface area contributed by atoms with Crippen LogP contribution < -0.4 is 14.8 Å². The summed E-state index contributed by atoms with van der Waals surface area (Å²) in [6.07, 6.45) is 0. The summed E-state index contributed by atoms with van der Waals surface area (Å²) in [5.74, 6) is 0.629. The van der Waals surface area contributed by atoms with Crippen molar-refractivity contribution < 1.29 is 18.7 Å². The Kier molecular flexibility index (Phi) is 7.24. The average molecular weight is 381 g/mol. The average Bonchev–Trinajstić information content (AvgIpc) is 2.62. The molecule has 0 fully saturated rings. The summed E-state index contributed by atoms with van der Waals surface area (Å²) in [7, 11) is 3.36. The zero-order valence-corrected chi connectivity index (χ0v) is 15.7. The van der Waals surface area contributed by atoms with E-state index in [1.165, 1.54) is 19.2 Å². The van der Waals surface area contributed by atoms with E-state index >= 15 is 0 Å². The van der Waals surface area contributed by atoms with Gasteiger partial charge in [-0.3, -0.25) is 9.69 Å². The number of carbonyl (C=O) groups is 1. The summed E-state index contributed by atoms with van der Waals surface area (Å²) >= 11 is 5.98. The Labute approximate surface area is 157 Å². The molecule has 0 spiro atoms. The monoisotopic (exact) mass is 380 g/mol. The van der Waals surface area contributed by atoms with E-state index in [2.05, 4.69) is 5.32 Å². The molecule has 2 aromatic rings. The van der Waals surface area contributed by atoms with Crippen molar-refractivity contribution in [2.45, 2.75) is 13.0 Å². The highest BCUT2D eigenvalue weighted by Gasteiger charge is 2.19. The fourth-order valence-corrected chi connectivity index (χ4v) is 2.42. The molecule has 0 saturated carbocycles. The second kappa shape index (κ2) is 9.40. The lowest BCUT2D eigenvalue weighted by Crippen LogP contribution is -2.41. The first-order valence-electron chi connectivity index (χ1n) is 8.13. The van der Waals surface area contributed by atoms with Gasteiger partial charge in [0.1, 0.15) is 23.9 Å². The van der Waals surface area contributed by atoms with Gasteiger partial charge in [-0.1, -0.05) is 11.6 Å². The molecule has 2 rings (SSSR count). The predicted octanol–water partition coefficient (Wildman–Crippen LogP) is 3.83. The van der Waals surface area contributed by atoms with E-state index in [4.69, 9.17) is 21.1 Å². The lowest BCUT2D eigenvalue weighted by Gasteiger charge is -2.24. The SMILES string of the molecule is COc1ccc(Cl)cc1NC(=O)[C@@H](C)N(C)CCOc1ccc(F)cc1. The summed E-state index contributed by atoms with van der Waals surface area (Å²) < 4.78 is 23.6. The first-order valence-corrected chi connectivity index (χ1v) is 8.51. The number of nitrogens with zero attached hydrogens (tertiary/aromatic N) is 1. The molecule has 0 aliphatic rings. The van der Waals surface area contributed by atoms with Gasteiger partial charge in [0, 0.05) is 11.6 Å². The minimum Gasteiger partial charge on any atom is -0.495 e. The standard InChI is InChI=1S/C19H22ClFN2O3/c1-13(19(24)22-17-12-14(20)4-9-18(17)25-3)23(2)10-11-26-16-7-5-15(21)6-8-16/h4-9,12-13H,10-11H2,1-3H3,(H,22,24)/t13-/m1/s1. The molecular formula is C19H22ClFN2O3. The topological polar surface area (TPSA) is 50.8 Å². The Morgan fingerprint density at radius 3 is 2.62 bits per heavy atom. The van der Waals surface area contributed by atoms with Gasteiger partial charge in [0.15, 0.2) is 0 Å². The highest BCUT2D eigenvalue weighted by molar-refractivity contribution is 6.31. The van der Waals surface area contributed by atoms with Crippen molar-refractivity contribution in [1.82, 2.24) is 4.90 Å². The van der Waals surface area contributed by atoms with Crippen LogP contribution in [0.4, 0.5) is 10.1 Å². The molecule has 7 heteroatoms. The fraction of sp³-hybridized carbons (Fsp3) is 0.316. The van der Waals surface area contributed by atoms with Crippen LogP contribution in [-0.2, 0) is 4.79 Å². The van der Waals surface area contributed by atoms with E-state index in [1.807, 2.05) is 11.9 Å². The third kappa shape index (κ3) is 5.61. The van der Waals surface area contributed by atoms with E-state index in [1.54, 1.807) is 37.3 Å². The van der Waals surface area contributed by atoms with Crippen molar-refractivity contribution in [3.8, 4) is 11.5 Å². The van der Waals surface area contributed by atoms with E-state index in [0.717, 1.165) is 0 Å². The maximum absolute atomic E-state index is 12.9. The number of benzene rings is 2. The van der Waals surface area contributed by atoms with Crippen LogP contribution in [0.15, 0.2) is 42.5 Å². The maximum atomic E-state index is 12.9. The van der Waals surface area contributed by atoms with Gasteiger partial charge in [0.05, 0.1) is 18.8 Å². The van der Waals surface area contributed by atoms with E-state index < -0.39 is 6.04 Å². The number of carbonyl (C=O) groups excluding carboxylic acids is 1. The van der Waals surface area contributed by atoms with Crippen LogP contribution in [-0.4, -0.2) is 44.2 Å². The summed E-state index contributed by atoms with van der Waals surface area (Å²) in [6.45, 7) is 2.70. The Balaban J connectivity index is 1.86. The number of rotatable bonds is 8. The Bertz CT molecular complexity index is 740. The number of hydrogen-bond acceptors (Lipinski definition) is 4. The quantitative estimate of drug-likeness (QED) is 0.756. The number of nitrogens with one attached hydrogen (secondary N) is 1. The first kappa shape index (κ1) is 20.0. The molecule has 2 aromatic carbocycles. The van der Waals surface area contributed by atoms with Gasteiger partial charge in [0.2, 0.25) is 5.91 Å². The largest absolute Gasteiger partial charge is 0.495 e. The summed E-state index contributed by atoms with van der Waals surface area (Å²) in [5, 5.41) is 3.33. The minimum atomic E-state index is -0.393. The first-order chi connectivity index (χ1) is 12.4. The molecule has 0 bridgehead atoms. The minimum absolute atomic E-state index is 0.185. The highest BCUT2D eigenvalue weighted by atomic mass is 35.5. The van der Waals surface area contributed by atoms with Crippen molar-refractivity contribution in [2.75, 3.05) is 32.6 Å². The van der Waals surface area contributed by atoms with Crippen LogP contribution >= 0.6 is 11.6 Å². The van der Waals surface area contributed by atoms with Crippen molar-refractivity contribution in [1.29, 1.82) is 0 Å². The number of amides is 1. The third-order valence-electron chi connectivity index (χ3n) is 3.99. The zero-order valence-electron chi connectivity index (χ0n) is 15.0. The van der Waals surface area contributed by atoms with Crippen LogP contribution in [0.2, 0.25) is 5.02 Å². The normalized spacial score (nSPS) is 11.9. The molecule has 0 saturated heterocycles. The van der Waals surface area contributed by atoms with Crippen molar-refractivity contribution >= 4 is 23.2 Å². The van der Waals surface area contributed by atoms with Crippen LogP contribution in [0.1, 0.15) is 6.92 Å². The van der Waals surface area contributed by atoms with Gasteiger partial charge in [0.25, 0.3) is 0 Å². The van der Waals surface area contributed by atoms with Crippen LogP contribution in [0.25, 0.3) is 0 Å². The van der Waals surface area contributed by atoms with E-state index in [9.17, 15) is 9.18 Å². The predicted molar refractivity (Wildman–Crippen MR) is 101 cm³/mol. The van der Waals surface area contributed by atoms with E-state index in [-0.39, 0.29) is 11.7 Å². The Hall–Kier alpha value is -2.31. The molecule has 1 N–H and O–H groups in total. The van der Waals surface area contributed by atoms with Gasteiger partial charge >= 0.3 is 0 Å². The van der Waals surface area contributed by atoms with Crippen LogP contribution in [0.3, 0.4) is 0 Å². The second-order valence-corrected chi connectivity index (χ2v) is 6.23. The van der Waals surface area contributed by atoms with Gasteiger partial charge in [-0.25, -0.2) is 4.39 Å². The summed E-state index contributed by atoms with van der Waals surface area (Å²) in [4.78, 5) is 14.3. The van der Waals surface area contributed by atoms with E-state index in [0.29, 0.717) is 35.4 Å². The molecule has 0 unspecified atom stereocenters. The van der Waals surface area contributed by atoms with Crippen molar-refractivity contribution in [3.05, 3.63) is 53.3 Å². The molecule has 5 nitrogen and oxygen atoms in total. The molecule has 0 heterocycles. The fourth-order valence-electron chi connectivity index (χ4n) is 2.25. The van der Waals surface area contributed by atoms with Gasteiger partial charge in [-0.05, 0) is 56.4 Å². The molecule has 0 radical (unpaired) electrons. The lowest BCUT2D eigenvalue weighted by molar-refractivity contribution is -0.120. The maximum Gasteiger partial charge on any atom is 0.241 e. The van der Waals surface area contributed by atoms with Crippen molar-refractivity contribution in [2.24, 2.45) is 0 Å². The molecule has 0 aliphatic heterocycles. The molecule has 0 aliphatic carbocycles. The zero-order chi connectivity index (χ0) is 19.1. The Morgan fingerprint density at radius 1 is 1.27 bits per heavy atom. The number of hydrogen-bond donors (Lipinski definition) is 1. The Morgan fingerprint density at radius 2 is 1.96 bits per heavy atom. The third-order valence-corrected chi connectivity index (χ3v) is 4.22. The van der Waals surface area contributed by atoms with Gasteiger partial charge < -0.3 is 14.8 Å². The summed E-state index contributed by atoms with van der Waals surface area (Å²) in [6, 6.07) is 10.5. The molecule has 0 aromatic heterocycles. The summed E-state index contributed by atoms with van der Waals surface area (Å²) in [5.41, 5.74) is 0.521. The second-order valence-electron chi connectivity index (χ2n) is 5.79. The number of methoxy groups -OCH3 is 1. The molecule has 26 heavy (non-hydrogen) atoms. The van der Waals surface area contributed by atoms with Crippen LogP contribution in [0, 0.1) is 5.82 Å². The number of ether oxygens (including phenoxy) is 2. The smallest absolute Gasteiger partial charge is 0.241 e. The van der Waals surface area contributed by atoms with Crippen LogP contribution in [0.5, 0.6) is 11.5 Å². The molecular weight excluding hydrogens is 359 g/mol. The molecule has 140 valence electrons. The number of likely N-dealkylation sites (N-methyl/N-ethyl adjacent to an activating group) is 1. The number of anilines is 1. The molecule has 1 atom stereocenters.